The zero-order valence-corrected chi connectivity index (χ0v) is 11.3. The van der Waals surface area contributed by atoms with E-state index < -0.39 is 0 Å². The molecule has 0 fully saturated rings. The van der Waals surface area contributed by atoms with Crippen molar-refractivity contribution in [3.63, 3.8) is 0 Å². The normalized spacial score (nSPS) is 11.6. The molecule has 0 atom stereocenters. The molecule has 3 aromatic rings. The smallest absolute Gasteiger partial charge is 0.259 e. The molecule has 0 radical (unpaired) electrons. The van der Waals surface area contributed by atoms with Gasteiger partial charge in [0.15, 0.2) is 0 Å². The molecule has 1 N–H and O–H groups in total. The van der Waals surface area contributed by atoms with E-state index in [0.29, 0.717) is 5.39 Å². The minimum atomic E-state index is -0.0526. The van der Waals surface area contributed by atoms with Crippen molar-refractivity contribution in [2.75, 3.05) is 0 Å². The van der Waals surface area contributed by atoms with Gasteiger partial charge < -0.3 is 4.98 Å². The highest BCUT2D eigenvalue weighted by Crippen LogP contribution is 2.23. The largest absolute Gasteiger partial charge is 0.310 e. The van der Waals surface area contributed by atoms with Crippen LogP contribution >= 0.6 is 0 Å². The van der Waals surface area contributed by atoms with Gasteiger partial charge >= 0.3 is 0 Å². The van der Waals surface area contributed by atoms with Gasteiger partial charge in [0.25, 0.3) is 5.56 Å². The van der Waals surface area contributed by atoms with Gasteiger partial charge in [-0.05, 0) is 23.8 Å². The number of hydrogen-bond acceptors (Lipinski definition) is 2. The highest BCUT2D eigenvalue weighted by atomic mass is 16.1. The van der Waals surface area contributed by atoms with E-state index in [1.54, 1.807) is 0 Å². The Morgan fingerprint density at radius 1 is 1.16 bits per heavy atom. The number of aromatic amines is 1. The van der Waals surface area contributed by atoms with E-state index >= 15 is 0 Å². The number of nitrogens with zero attached hydrogens (tertiary/aromatic N) is 1. The number of fused-ring (bicyclic) bond motifs is 3. The van der Waals surface area contributed by atoms with Crippen LogP contribution in [0.4, 0.5) is 0 Å². The van der Waals surface area contributed by atoms with Crippen molar-refractivity contribution in [2.24, 2.45) is 0 Å². The van der Waals surface area contributed by atoms with Gasteiger partial charge in [0.2, 0.25) is 0 Å². The molecule has 96 valence electrons. The van der Waals surface area contributed by atoms with Crippen LogP contribution < -0.4 is 5.56 Å². The highest BCUT2D eigenvalue weighted by Gasteiger charge is 2.09. The molecule has 19 heavy (non-hydrogen) atoms. The first-order chi connectivity index (χ1) is 9.06. The summed E-state index contributed by atoms with van der Waals surface area (Å²) in [5.41, 5.74) is 1.90. The summed E-state index contributed by atoms with van der Waals surface area (Å²) >= 11 is 0. The zero-order valence-electron chi connectivity index (χ0n) is 11.3. The standard InChI is InChI=1S/C16H16N2O/c1-9(2)15-17-13-7-5-11-8-10(3)4-6-12(11)14(13)16(19)18-15/h4-9H,1-3H3,(H,17,18,19). The summed E-state index contributed by atoms with van der Waals surface area (Å²) in [4.78, 5) is 19.7. The van der Waals surface area contributed by atoms with Gasteiger partial charge in [-0.25, -0.2) is 4.98 Å². The molecule has 0 amide bonds. The lowest BCUT2D eigenvalue weighted by atomic mass is 10.0. The number of nitrogens with one attached hydrogen (secondary N) is 1. The van der Waals surface area contributed by atoms with Crippen LogP contribution in [0.2, 0.25) is 0 Å². The molecule has 0 spiro atoms. The van der Waals surface area contributed by atoms with E-state index in [0.717, 1.165) is 22.1 Å². The molecule has 0 aliphatic rings. The molecule has 0 aliphatic carbocycles. The van der Waals surface area contributed by atoms with Crippen LogP contribution in [0, 0.1) is 6.92 Å². The summed E-state index contributed by atoms with van der Waals surface area (Å²) in [5, 5.41) is 2.73. The van der Waals surface area contributed by atoms with Crippen LogP contribution in [0.3, 0.4) is 0 Å². The van der Waals surface area contributed by atoms with Gasteiger partial charge in [0, 0.05) is 5.92 Å². The maximum atomic E-state index is 12.3. The van der Waals surface area contributed by atoms with Crippen LogP contribution in [-0.4, -0.2) is 9.97 Å². The maximum Gasteiger partial charge on any atom is 0.259 e. The third kappa shape index (κ3) is 1.91. The van der Waals surface area contributed by atoms with Gasteiger partial charge in [-0.1, -0.05) is 43.7 Å². The Hall–Kier alpha value is -2.16. The number of aromatic nitrogens is 2. The van der Waals surface area contributed by atoms with Gasteiger partial charge in [0.1, 0.15) is 5.82 Å². The van der Waals surface area contributed by atoms with Crippen LogP contribution in [0.25, 0.3) is 21.7 Å². The first-order valence-corrected chi connectivity index (χ1v) is 6.49. The van der Waals surface area contributed by atoms with Crippen molar-refractivity contribution < 1.29 is 0 Å². The SMILES string of the molecule is Cc1ccc2c(ccc3nc(C(C)C)[nH]c(=O)c32)c1. The minimum absolute atomic E-state index is 0.0526. The number of rotatable bonds is 1. The molecule has 0 aliphatic heterocycles. The van der Waals surface area contributed by atoms with Crippen molar-refractivity contribution in [1.82, 2.24) is 9.97 Å². The van der Waals surface area contributed by atoms with Crippen molar-refractivity contribution >= 4 is 21.7 Å². The average molecular weight is 252 g/mol. The summed E-state index contributed by atoms with van der Waals surface area (Å²) in [6.45, 7) is 6.09. The van der Waals surface area contributed by atoms with Gasteiger partial charge in [0.05, 0.1) is 10.9 Å². The Labute approximate surface area is 111 Å². The molecule has 1 aromatic heterocycles. The van der Waals surface area contributed by atoms with E-state index in [-0.39, 0.29) is 11.5 Å². The van der Waals surface area contributed by atoms with Crippen molar-refractivity contribution in [1.29, 1.82) is 0 Å². The summed E-state index contributed by atoms with van der Waals surface area (Å²) in [6.07, 6.45) is 0. The van der Waals surface area contributed by atoms with Crippen molar-refractivity contribution in [2.45, 2.75) is 26.7 Å². The van der Waals surface area contributed by atoms with Gasteiger partial charge in [-0.3, -0.25) is 4.79 Å². The molecule has 1 heterocycles. The second-order valence-corrected chi connectivity index (χ2v) is 5.29. The molecule has 0 saturated carbocycles. The number of H-pyrrole nitrogens is 1. The van der Waals surface area contributed by atoms with Crippen LogP contribution in [-0.2, 0) is 0 Å². The lowest BCUT2D eigenvalue weighted by Crippen LogP contribution is -2.13. The monoisotopic (exact) mass is 252 g/mol. The van der Waals surface area contributed by atoms with Crippen molar-refractivity contribution in [3.8, 4) is 0 Å². The maximum absolute atomic E-state index is 12.3. The Kier molecular flexibility index (Phi) is 2.63. The number of benzene rings is 2. The second kappa shape index (κ2) is 4.19. The molecule has 2 aromatic carbocycles. The van der Waals surface area contributed by atoms with Crippen molar-refractivity contribution in [3.05, 3.63) is 52.1 Å². The number of hydrogen-bond donors (Lipinski definition) is 1. The second-order valence-electron chi connectivity index (χ2n) is 5.29. The molecule has 0 saturated heterocycles. The summed E-state index contributed by atoms with van der Waals surface area (Å²) in [7, 11) is 0. The lowest BCUT2D eigenvalue weighted by molar-refractivity contribution is 0.777. The Morgan fingerprint density at radius 3 is 2.68 bits per heavy atom. The summed E-state index contributed by atoms with van der Waals surface area (Å²) in [6, 6.07) is 10.1. The third-order valence-electron chi connectivity index (χ3n) is 3.41. The molecular formula is C16H16N2O. The highest BCUT2D eigenvalue weighted by molar-refractivity contribution is 6.05. The Morgan fingerprint density at radius 2 is 1.95 bits per heavy atom. The molecule has 3 nitrogen and oxygen atoms in total. The first-order valence-electron chi connectivity index (χ1n) is 6.49. The molecule has 3 heteroatoms. The summed E-state index contributed by atoms with van der Waals surface area (Å²) in [5.74, 6) is 0.953. The molecule has 3 rings (SSSR count). The van der Waals surface area contributed by atoms with E-state index in [9.17, 15) is 4.79 Å². The van der Waals surface area contributed by atoms with Gasteiger partial charge in [-0.15, -0.1) is 0 Å². The molecular weight excluding hydrogens is 236 g/mol. The fourth-order valence-electron chi connectivity index (χ4n) is 2.38. The third-order valence-corrected chi connectivity index (χ3v) is 3.41. The first kappa shape index (κ1) is 11.9. The minimum Gasteiger partial charge on any atom is -0.310 e. The summed E-state index contributed by atoms with van der Waals surface area (Å²) < 4.78 is 0. The number of aryl methyl sites for hydroxylation is 1. The Bertz CT molecular complexity index is 831. The van der Waals surface area contributed by atoms with Gasteiger partial charge in [-0.2, -0.15) is 0 Å². The topological polar surface area (TPSA) is 45.8 Å². The molecule has 0 bridgehead atoms. The van der Waals surface area contributed by atoms with Crippen LogP contribution in [0.15, 0.2) is 35.1 Å². The average Bonchev–Trinajstić information content (AvgIpc) is 2.37. The van der Waals surface area contributed by atoms with E-state index in [2.05, 4.69) is 16.0 Å². The fraction of sp³-hybridized carbons (Fsp3) is 0.250. The predicted octanol–water partition coefficient (Wildman–Crippen LogP) is 3.51. The van der Waals surface area contributed by atoms with Crippen LogP contribution in [0.1, 0.15) is 31.2 Å². The fourth-order valence-corrected chi connectivity index (χ4v) is 2.38. The van der Waals surface area contributed by atoms with E-state index in [4.69, 9.17) is 0 Å². The quantitative estimate of drug-likeness (QED) is 0.674. The Balaban J connectivity index is 2.46. The lowest BCUT2D eigenvalue weighted by Gasteiger charge is -2.08. The molecule has 0 unspecified atom stereocenters. The predicted molar refractivity (Wildman–Crippen MR) is 78.7 cm³/mol. The van der Waals surface area contributed by atoms with E-state index in [1.807, 2.05) is 45.0 Å². The van der Waals surface area contributed by atoms with Crippen LogP contribution in [0.5, 0.6) is 0 Å². The zero-order chi connectivity index (χ0) is 13.6. The van der Waals surface area contributed by atoms with E-state index in [1.165, 1.54) is 5.56 Å².